The lowest BCUT2D eigenvalue weighted by Crippen LogP contribution is -2.20. The van der Waals surface area contributed by atoms with Crippen LogP contribution in [0.1, 0.15) is 31.2 Å². The summed E-state index contributed by atoms with van der Waals surface area (Å²) < 4.78 is 5.48. The summed E-state index contributed by atoms with van der Waals surface area (Å²) >= 11 is 1.70. The molecule has 1 aromatic heterocycles. The molecule has 1 atom stereocenters. The topological polar surface area (TPSA) is 38.1 Å². The molecule has 0 radical (unpaired) electrons. The lowest BCUT2D eigenvalue weighted by Gasteiger charge is -2.07. The quantitative estimate of drug-likeness (QED) is 0.600. The zero-order chi connectivity index (χ0) is 11.3. The summed E-state index contributed by atoms with van der Waals surface area (Å²) in [5.41, 5.74) is 1.00. The number of oxazole rings is 1. The fourth-order valence-corrected chi connectivity index (χ4v) is 2.07. The highest BCUT2D eigenvalue weighted by atomic mass is 32.2. The minimum absolute atomic E-state index is 0.596. The van der Waals surface area contributed by atoms with Crippen molar-refractivity contribution in [3.63, 3.8) is 0 Å². The maximum atomic E-state index is 5.48. The monoisotopic (exact) mass is 228 g/mol. The van der Waals surface area contributed by atoms with Gasteiger partial charge in [-0.25, -0.2) is 4.98 Å². The van der Waals surface area contributed by atoms with E-state index in [0.29, 0.717) is 6.04 Å². The van der Waals surface area contributed by atoms with E-state index in [4.69, 9.17) is 4.42 Å². The molecule has 1 aromatic rings. The van der Waals surface area contributed by atoms with Gasteiger partial charge in [0.1, 0.15) is 5.76 Å². The molecule has 0 aromatic carbocycles. The number of hydrogen-bond acceptors (Lipinski definition) is 4. The molecule has 86 valence electrons. The molecule has 1 rings (SSSR count). The predicted octanol–water partition coefficient (Wildman–Crippen LogP) is 2.77. The summed E-state index contributed by atoms with van der Waals surface area (Å²) in [4.78, 5) is 4.33. The van der Waals surface area contributed by atoms with Crippen molar-refractivity contribution in [1.29, 1.82) is 0 Å². The first-order valence-electron chi connectivity index (χ1n) is 5.37. The van der Waals surface area contributed by atoms with E-state index in [1.165, 1.54) is 12.8 Å². The Morgan fingerprint density at radius 1 is 1.47 bits per heavy atom. The molecule has 0 saturated carbocycles. The Hall–Kier alpha value is -0.480. The van der Waals surface area contributed by atoms with Crippen molar-refractivity contribution in [1.82, 2.24) is 10.3 Å². The summed E-state index contributed by atoms with van der Waals surface area (Å²) in [5, 5.41) is 4.04. The van der Waals surface area contributed by atoms with Crippen LogP contribution in [0.2, 0.25) is 0 Å². The van der Waals surface area contributed by atoms with Gasteiger partial charge in [-0.05, 0) is 40.7 Å². The second kappa shape index (κ2) is 6.18. The van der Waals surface area contributed by atoms with Crippen LogP contribution in [-0.4, -0.2) is 23.8 Å². The van der Waals surface area contributed by atoms with Crippen LogP contribution in [0.25, 0.3) is 0 Å². The Kier molecular flexibility index (Phi) is 5.19. The number of aryl methyl sites for hydroxylation is 2. The normalized spacial score (nSPS) is 13.1. The van der Waals surface area contributed by atoms with E-state index in [2.05, 4.69) is 17.2 Å². The van der Waals surface area contributed by atoms with Gasteiger partial charge >= 0.3 is 0 Å². The van der Waals surface area contributed by atoms with E-state index in [1.54, 1.807) is 11.8 Å². The minimum atomic E-state index is 0.596. The molecule has 1 heterocycles. The van der Waals surface area contributed by atoms with E-state index < -0.39 is 0 Å². The lowest BCUT2D eigenvalue weighted by molar-refractivity contribution is 0.431. The third-order valence-electron chi connectivity index (χ3n) is 2.51. The highest BCUT2D eigenvalue weighted by Gasteiger charge is 2.05. The van der Waals surface area contributed by atoms with E-state index in [1.807, 2.05) is 20.9 Å². The van der Waals surface area contributed by atoms with Gasteiger partial charge in [-0.2, -0.15) is 0 Å². The second-order valence-electron chi connectivity index (χ2n) is 3.80. The van der Waals surface area contributed by atoms with Crippen LogP contribution in [0.3, 0.4) is 0 Å². The average Bonchev–Trinajstić information content (AvgIpc) is 2.53. The average molecular weight is 228 g/mol. The number of nitrogens with zero attached hydrogens (tertiary/aromatic N) is 1. The molecule has 0 amide bonds. The van der Waals surface area contributed by atoms with Crippen molar-refractivity contribution in [3.8, 4) is 0 Å². The molecule has 1 unspecified atom stereocenters. The van der Waals surface area contributed by atoms with Gasteiger partial charge in [0.05, 0.1) is 5.69 Å². The first-order chi connectivity index (χ1) is 7.13. The molecule has 0 fully saturated rings. The molecule has 3 nitrogen and oxygen atoms in total. The van der Waals surface area contributed by atoms with Gasteiger partial charge in [-0.15, -0.1) is 0 Å². The zero-order valence-corrected chi connectivity index (χ0v) is 10.8. The molecule has 0 aliphatic rings. The van der Waals surface area contributed by atoms with E-state index in [-0.39, 0.29) is 0 Å². The molecule has 4 heteroatoms. The number of hydrogen-bond donors (Lipinski definition) is 1. The molecule has 0 aliphatic carbocycles. The molecule has 0 bridgehead atoms. The minimum Gasteiger partial charge on any atom is -0.437 e. The summed E-state index contributed by atoms with van der Waals surface area (Å²) in [5.74, 6) is 2.01. The van der Waals surface area contributed by atoms with Gasteiger partial charge in [0.2, 0.25) is 0 Å². The molecule has 1 N–H and O–H groups in total. The molecular weight excluding hydrogens is 208 g/mol. The van der Waals surface area contributed by atoms with Gasteiger partial charge in [0.25, 0.3) is 5.22 Å². The van der Waals surface area contributed by atoms with Crippen LogP contribution in [0.5, 0.6) is 0 Å². The van der Waals surface area contributed by atoms with Gasteiger partial charge in [0.15, 0.2) is 0 Å². The predicted molar refractivity (Wildman–Crippen MR) is 64.5 cm³/mol. The van der Waals surface area contributed by atoms with Crippen LogP contribution < -0.4 is 5.32 Å². The number of rotatable bonds is 6. The number of thioether (sulfide) groups is 1. The summed E-state index contributed by atoms with van der Waals surface area (Å²) in [6.45, 7) is 6.13. The van der Waals surface area contributed by atoms with Crippen LogP contribution in [-0.2, 0) is 0 Å². The van der Waals surface area contributed by atoms with Crippen molar-refractivity contribution < 1.29 is 4.42 Å². The van der Waals surface area contributed by atoms with Crippen LogP contribution in [0.15, 0.2) is 9.64 Å². The first-order valence-corrected chi connectivity index (χ1v) is 6.36. The Balaban J connectivity index is 2.20. The van der Waals surface area contributed by atoms with Gasteiger partial charge < -0.3 is 9.73 Å². The maximum Gasteiger partial charge on any atom is 0.256 e. The molecule has 0 saturated heterocycles. The highest BCUT2D eigenvalue weighted by molar-refractivity contribution is 7.99. The van der Waals surface area contributed by atoms with Crippen molar-refractivity contribution in [2.45, 2.75) is 44.9 Å². The van der Waals surface area contributed by atoms with Crippen molar-refractivity contribution in [2.24, 2.45) is 0 Å². The molecule has 15 heavy (non-hydrogen) atoms. The van der Waals surface area contributed by atoms with Crippen LogP contribution in [0, 0.1) is 13.8 Å². The molecule has 0 aliphatic heterocycles. The van der Waals surface area contributed by atoms with E-state index in [0.717, 1.165) is 22.4 Å². The zero-order valence-electron chi connectivity index (χ0n) is 9.96. The van der Waals surface area contributed by atoms with Gasteiger partial charge in [0, 0.05) is 11.8 Å². The summed E-state index contributed by atoms with van der Waals surface area (Å²) in [6.07, 6.45) is 2.38. The fraction of sp³-hybridized carbons (Fsp3) is 0.727. The third kappa shape index (κ3) is 4.26. The smallest absolute Gasteiger partial charge is 0.256 e. The second-order valence-corrected chi connectivity index (χ2v) is 4.85. The fourth-order valence-electron chi connectivity index (χ4n) is 1.20. The lowest BCUT2D eigenvalue weighted by atomic mass is 10.2. The van der Waals surface area contributed by atoms with E-state index >= 15 is 0 Å². The van der Waals surface area contributed by atoms with Gasteiger partial charge in [-0.1, -0.05) is 11.8 Å². The molecular formula is C11H20N2OS. The number of nitrogens with one attached hydrogen (secondary N) is 1. The standard InChI is InChI=1S/C11H20N2OS/c1-8(12-4)6-5-7-15-11-13-9(2)10(3)14-11/h8,12H,5-7H2,1-4H3. The SMILES string of the molecule is CNC(C)CCCSc1nc(C)c(C)o1. The van der Waals surface area contributed by atoms with Crippen molar-refractivity contribution >= 4 is 11.8 Å². The Morgan fingerprint density at radius 2 is 2.20 bits per heavy atom. The summed E-state index contributed by atoms with van der Waals surface area (Å²) in [7, 11) is 2.00. The molecule has 0 spiro atoms. The summed E-state index contributed by atoms with van der Waals surface area (Å²) in [6, 6.07) is 0.596. The Bertz CT molecular complexity index is 279. The Morgan fingerprint density at radius 3 is 2.73 bits per heavy atom. The third-order valence-corrected chi connectivity index (χ3v) is 3.42. The van der Waals surface area contributed by atoms with Crippen molar-refractivity contribution in [2.75, 3.05) is 12.8 Å². The van der Waals surface area contributed by atoms with E-state index in [9.17, 15) is 0 Å². The van der Waals surface area contributed by atoms with Gasteiger partial charge in [-0.3, -0.25) is 0 Å². The highest BCUT2D eigenvalue weighted by Crippen LogP contribution is 2.21. The largest absolute Gasteiger partial charge is 0.437 e. The Labute approximate surface area is 96.0 Å². The van der Waals surface area contributed by atoms with Crippen LogP contribution >= 0.6 is 11.8 Å². The van der Waals surface area contributed by atoms with Crippen LogP contribution in [0.4, 0.5) is 0 Å². The first kappa shape index (κ1) is 12.6. The number of aromatic nitrogens is 1. The van der Waals surface area contributed by atoms with Crippen molar-refractivity contribution in [3.05, 3.63) is 11.5 Å². The maximum absolute atomic E-state index is 5.48.